The van der Waals surface area contributed by atoms with Gasteiger partial charge in [0.25, 0.3) is 0 Å². The molecule has 4 nitrogen and oxygen atoms in total. The van der Waals surface area contributed by atoms with Gasteiger partial charge in [0.2, 0.25) is 0 Å². The Morgan fingerprint density at radius 3 is 2.46 bits per heavy atom. The molecule has 3 rings (SSSR count). The third-order valence-corrected chi connectivity index (χ3v) is 5.04. The highest BCUT2D eigenvalue weighted by Gasteiger charge is 2.27. The number of morpholine rings is 1. The maximum absolute atomic E-state index is 14.2. The summed E-state index contributed by atoms with van der Waals surface area (Å²) in [7, 11) is 0. The van der Waals surface area contributed by atoms with Gasteiger partial charge < -0.3 is 9.64 Å². The van der Waals surface area contributed by atoms with Crippen LogP contribution in [0.2, 0.25) is 0 Å². The van der Waals surface area contributed by atoms with Crippen LogP contribution in [-0.2, 0) is 4.74 Å². The first-order valence-electron chi connectivity index (χ1n) is 8.87. The second-order valence-electron chi connectivity index (χ2n) is 7.18. The lowest BCUT2D eigenvalue weighted by molar-refractivity contribution is -0.0720. The molecule has 0 radical (unpaired) electrons. The number of halogens is 1. The highest BCUT2D eigenvalue weighted by atomic mass is 19.1. The summed E-state index contributed by atoms with van der Waals surface area (Å²) in [6.45, 7) is 9.16. The van der Waals surface area contributed by atoms with Crippen molar-refractivity contribution in [3.8, 4) is 6.07 Å². The van der Waals surface area contributed by atoms with Crippen molar-refractivity contribution in [3.05, 3.63) is 29.6 Å². The van der Waals surface area contributed by atoms with Crippen molar-refractivity contribution in [2.24, 2.45) is 5.92 Å². The van der Waals surface area contributed by atoms with Crippen LogP contribution >= 0.6 is 0 Å². The number of ether oxygens (including phenoxy) is 1. The van der Waals surface area contributed by atoms with Gasteiger partial charge in [-0.05, 0) is 50.8 Å². The summed E-state index contributed by atoms with van der Waals surface area (Å²) in [5.74, 6) is 0.378. The van der Waals surface area contributed by atoms with Crippen LogP contribution in [0.25, 0.3) is 0 Å². The Labute approximate surface area is 143 Å². The van der Waals surface area contributed by atoms with Gasteiger partial charge in [-0.2, -0.15) is 5.26 Å². The molecule has 0 amide bonds. The largest absolute Gasteiger partial charge is 0.373 e. The van der Waals surface area contributed by atoms with Crippen molar-refractivity contribution in [1.82, 2.24) is 4.90 Å². The number of benzene rings is 1. The molecule has 2 atom stereocenters. The van der Waals surface area contributed by atoms with Gasteiger partial charge in [0, 0.05) is 32.7 Å². The lowest BCUT2D eigenvalue weighted by Gasteiger charge is -2.40. The smallest absolute Gasteiger partial charge is 0.147 e. The Morgan fingerprint density at radius 1 is 1.21 bits per heavy atom. The standard InChI is InChI=1S/C19H26FN3O/c1-14-11-22(12-15(2)24-14)13-16-5-7-23(8-6-16)19-4-3-17(10-21)9-18(19)20/h3-4,9,14-16H,5-8,11-13H2,1-2H3. The molecular weight excluding hydrogens is 305 g/mol. The van der Waals surface area contributed by atoms with Crippen LogP contribution in [0.1, 0.15) is 32.3 Å². The second-order valence-corrected chi connectivity index (χ2v) is 7.18. The normalized spacial score (nSPS) is 26.3. The minimum atomic E-state index is -0.289. The second kappa shape index (κ2) is 7.50. The Hall–Kier alpha value is -1.64. The summed E-state index contributed by atoms with van der Waals surface area (Å²) < 4.78 is 20.0. The molecule has 2 aliphatic heterocycles. The molecular formula is C19H26FN3O. The fraction of sp³-hybridized carbons (Fsp3) is 0.632. The van der Waals surface area contributed by atoms with Crippen molar-refractivity contribution >= 4 is 5.69 Å². The van der Waals surface area contributed by atoms with Crippen LogP contribution in [-0.4, -0.2) is 49.8 Å². The molecule has 24 heavy (non-hydrogen) atoms. The number of hydrogen-bond acceptors (Lipinski definition) is 4. The van der Waals surface area contributed by atoms with Gasteiger partial charge in [-0.25, -0.2) is 4.39 Å². The van der Waals surface area contributed by atoms with E-state index in [0.717, 1.165) is 45.6 Å². The number of piperidine rings is 1. The van der Waals surface area contributed by atoms with Crippen molar-refractivity contribution in [2.45, 2.75) is 38.9 Å². The van der Waals surface area contributed by atoms with Crippen LogP contribution in [0.3, 0.4) is 0 Å². The zero-order chi connectivity index (χ0) is 17.1. The molecule has 0 aliphatic carbocycles. The van der Waals surface area contributed by atoms with E-state index in [1.165, 1.54) is 6.07 Å². The summed E-state index contributed by atoms with van der Waals surface area (Å²) in [5, 5.41) is 8.85. The van der Waals surface area contributed by atoms with Gasteiger partial charge in [-0.3, -0.25) is 4.90 Å². The highest BCUT2D eigenvalue weighted by molar-refractivity contribution is 5.51. The molecule has 0 N–H and O–H groups in total. The summed E-state index contributed by atoms with van der Waals surface area (Å²) in [6, 6.07) is 6.75. The van der Waals surface area contributed by atoms with Crippen molar-refractivity contribution in [2.75, 3.05) is 37.6 Å². The third kappa shape index (κ3) is 4.06. The fourth-order valence-electron chi connectivity index (χ4n) is 3.99. The van der Waals surface area contributed by atoms with E-state index in [4.69, 9.17) is 10.00 Å². The number of nitrogens with zero attached hydrogens (tertiary/aromatic N) is 3. The molecule has 1 aromatic carbocycles. The predicted octanol–water partition coefficient (Wildman–Crippen LogP) is 3.02. The van der Waals surface area contributed by atoms with Crippen molar-refractivity contribution < 1.29 is 9.13 Å². The molecule has 5 heteroatoms. The zero-order valence-electron chi connectivity index (χ0n) is 14.5. The monoisotopic (exact) mass is 331 g/mol. The van der Waals surface area contributed by atoms with Gasteiger partial charge in [0.1, 0.15) is 5.82 Å². The topological polar surface area (TPSA) is 39.5 Å². The molecule has 2 fully saturated rings. The highest BCUT2D eigenvalue weighted by Crippen LogP contribution is 2.27. The van der Waals surface area contributed by atoms with E-state index in [2.05, 4.69) is 23.6 Å². The van der Waals surface area contributed by atoms with Crippen LogP contribution in [0.4, 0.5) is 10.1 Å². The molecule has 2 unspecified atom stereocenters. The molecule has 0 aromatic heterocycles. The SMILES string of the molecule is CC1CN(CC2CCN(c3ccc(C#N)cc3F)CC2)CC(C)O1. The first kappa shape index (κ1) is 17.2. The molecule has 130 valence electrons. The Balaban J connectivity index is 1.53. The first-order chi connectivity index (χ1) is 11.5. The maximum Gasteiger partial charge on any atom is 0.147 e. The van der Waals surface area contributed by atoms with Gasteiger partial charge in [0.05, 0.1) is 29.5 Å². The predicted molar refractivity (Wildman–Crippen MR) is 92.5 cm³/mol. The summed E-state index contributed by atoms with van der Waals surface area (Å²) in [4.78, 5) is 4.62. The lowest BCUT2D eigenvalue weighted by atomic mass is 9.95. The van der Waals surface area contributed by atoms with Crippen LogP contribution in [0, 0.1) is 23.1 Å². The van der Waals surface area contributed by atoms with E-state index < -0.39 is 0 Å². The average molecular weight is 331 g/mol. The number of nitriles is 1. The molecule has 0 spiro atoms. The summed E-state index contributed by atoms with van der Waals surface area (Å²) in [6.07, 6.45) is 2.78. The van der Waals surface area contributed by atoms with Crippen LogP contribution < -0.4 is 4.90 Å². The van der Waals surface area contributed by atoms with E-state index in [-0.39, 0.29) is 5.82 Å². The van der Waals surface area contributed by atoms with E-state index >= 15 is 0 Å². The molecule has 0 saturated carbocycles. The van der Waals surface area contributed by atoms with Crippen molar-refractivity contribution in [3.63, 3.8) is 0 Å². The Morgan fingerprint density at radius 2 is 1.88 bits per heavy atom. The minimum Gasteiger partial charge on any atom is -0.373 e. The van der Waals surface area contributed by atoms with E-state index in [1.807, 2.05) is 6.07 Å². The van der Waals surface area contributed by atoms with Crippen LogP contribution in [0.5, 0.6) is 0 Å². The number of hydrogen-bond donors (Lipinski definition) is 0. The van der Waals surface area contributed by atoms with Crippen LogP contribution in [0.15, 0.2) is 18.2 Å². The first-order valence-corrected chi connectivity index (χ1v) is 8.87. The van der Waals surface area contributed by atoms with E-state index in [0.29, 0.717) is 29.4 Å². The number of anilines is 1. The fourth-order valence-corrected chi connectivity index (χ4v) is 3.99. The molecule has 2 saturated heterocycles. The quantitative estimate of drug-likeness (QED) is 0.853. The summed E-state index contributed by atoms with van der Waals surface area (Å²) in [5.41, 5.74) is 1.00. The molecule has 2 aliphatic rings. The zero-order valence-corrected chi connectivity index (χ0v) is 14.5. The van der Waals surface area contributed by atoms with Gasteiger partial charge in [0.15, 0.2) is 0 Å². The Kier molecular flexibility index (Phi) is 5.37. The average Bonchev–Trinajstić information content (AvgIpc) is 2.54. The maximum atomic E-state index is 14.2. The summed E-state index contributed by atoms with van der Waals surface area (Å²) >= 11 is 0. The van der Waals surface area contributed by atoms with Crippen molar-refractivity contribution in [1.29, 1.82) is 5.26 Å². The number of rotatable bonds is 3. The van der Waals surface area contributed by atoms with Gasteiger partial charge >= 0.3 is 0 Å². The minimum absolute atomic E-state index is 0.289. The van der Waals surface area contributed by atoms with E-state index in [1.54, 1.807) is 12.1 Å². The third-order valence-electron chi connectivity index (χ3n) is 5.04. The molecule has 2 heterocycles. The molecule has 1 aromatic rings. The Bertz CT molecular complexity index is 597. The van der Waals surface area contributed by atoms with Gasteiger partial charge in [-0.1, -0.05) is 0 Å². The van der Waals surface area contributed by atoms with Gasteiger partial charge in [-0.15, -0.1) is 0 Å². The molecule has 0 bridgehead atoms. The van der Waals surface area contributed by atoms with E-state index in [9.17, 15) is 4.39 Å². The lowest BCUT2D eigenvalue weighted by Crippen LogP contribution is -2.48.